The summed E-state index contributed by atoms with van der Waals surface area (Å²) < 4.78 is 0. The van der Waals surface area contributed by atoms with Crippen LogP contribution in [0.1, 0.15) is 40.0 Å². The Morgan fingerprint density at radius 1 is 1.37 bits per heavy atom. The number of hydrogen-bond acceptors (Lipinski definition) is 3. The molecular formula is C13H24N2O3S. The lowest BCUT2D eigenvalue weighted by molar-refractivity contribution is -0.141. The fraction of sp³-hybridized carbons (Fsp3) is 0.846. The van der Waals surface area contributed by atoms with E-state index in [9.17, 15) is 14.7 Å². The van der Waals surface area contributed by atoms with E-state index >= 15 is 0 Å². The molecule has 0 aromatic heterocycles. The summed E-state index contributed by atoms with van der Waals surface area (Å²) in [5, 5.41) is 9.23. The topological polar surface area (TPSA) is 60.9 Å². The lowest BCUT2D eigenvalue weighted by Gasteiger charge is -2.34. The molecule has 1 saturated heterocycles. The van der Waals surface area contributed by atoms with Crippen molar-refractivity contribution in [3.63, 3.8) is 0 Å². The van der Waals surface area contributed by atoms with Crippen molar-refractivity contribution in [2.24, 2.45) is 0 Å². The van der Waals surface area contributed by atoms with E-state index in [-0.39, 0.29) is 17.4 Å². The summed E-state index contributed by atoms with van der Waals surface area (Å²) in [6.45, 7) is 6.07. The normalized spacial score (nSPS) is 22.9. The van der Waals surface area contributed by atoms with Gasteiger partial charge in [-0.05, 0) is 19.3 Å². The lowest BCUT2D eigenvalue weighted by Crippen LogP contribution is -2.52. The maximum absolute atomic E-state index is 12.6. The monoisotopic (exact) mass is 288 g/mol. The molecule has 110 valence electrons. The number of amides is 2. The van der Waals surface area contributed by atoms with Gasteiger partial charge in [0, 0.05) is 18.8 Å². The third-order valence-corrected chi connectivity index (χ3v) is 5.19. The van der Waals surface area contributed by atoms with Gasteiger partial charge in [-0.15, -0.1) is 11.8 Å². The van der Waals surface area contributed by atoms with Crippen LogP contribution in [0.3, 0.4) is 0 Å². The third-order valence-electron chi connectivity index (χ3n) is 3.74. The van der Waals surface area contributed by atoms with E-state index in [4.69, 9.17) is 0 Å². The Morgan fingerprint density at radius 2 is 1.95 bits per heavy atom. The van der Waals surface area contributed by atoms with Crippen LogP contribution in [-0.4, -0.2) is 57.2 Å². The number of aliphatic carboxylic acids is 1. The van der Waals surface area contributed by atoms with Gasteiger partial charge in [0.2, 0.25) is 0 Å². The zero-order chi connectivity index (χ0) is 14.6. The van der Waals surface area contributed by atoms with Crippen LogP contribution in [0.15, 0.2) is 0 Å². The van der Waals surface area contributed by atoms with E-state index in [2.05, 4.69) is 0 Å². The smallest absolute Gasteiger partial charge is 0.327 e. The molecule has 19 heavy (non-hydrogen) atoms. The molecule has 0 radical (unpaired) electrons. The molecule has 0 aliphatic carbocycles. The number of thioether (sulfide) groups is 1. The highest BCUT2D eigenvalue weighted by Gasteiger charge is 2.42. The Labute approximate surface area is 119 Å². The second-order valence-electron chi connectivity index (χ2n) is 4.82. The Morgan fingerprint density at radius 3 is 2.37 bits per heavy atom. The van der Waals surface area contributed by atoms with E-state index in [1.165, 1.54) is 0 Å². The number of carboxylic acids is 1. The molecule has 5 nitrogen and oxygen atoms in total. The number of rotatable bonds is 5. The Balaban J connectivity index is 2.89. The summed E-state index contributed by atoms with van der Waals surface area (Å²) in [5.74, 6) is -0.425. The summed E-state index contributed by atoms with van der Waals surface area (Å²) in [5.41, 5.74) is 0. The highest BCUT2D eigenvalue weighted by Crippen LogP contribution is 2.32. The minimum absolute atomic E-state index is 0.0228. The van der Waals surface area contributed by atoms with Gasteiger partial charge in [-0.2, -0.15) is 0 Å². The lowest BCUT2D eigenvalue weighted by atomic mass is 10.1. The molecule has 0 spiro atoms. The van der Waals surface area contributed by atoms with E-state index < -0.39 is 12.0 Å². The Bertz CT molecular complexity index is 334. The molecule has 1 heterocycles. The van der Waals surface area contributed by atoms with Crippen molar-refractivity contribution in [3.8, 4) is 0 Å². The number of carbonyl (C=O) groups is 2. The zero-order valence-corrected chi connectivity index (χ0v) is 12.9. The fourth-order valence-corrected chi connectivity index (χ4v) is 3.84. The molecule has 1 fully saturated rings. The molecular weight excluding hydrogens is 264 g/mol. The van der Waals surface area contributed by atoms with Crippen molar-refractivity contribution in [3.05, 3.63) is 0 Å². The van der Waals surface area contributed by atoms with Crippen LogP contribution >= 0.6 is 11.8 Å². The molecule has 0 saturated carbocycles. The molecule has 6 heteroatoms. The predicted octanol–water partition coefficient (Wildman–Crippen LogP) is 2.46. The summed E-state index contributed by atoms with van der Waals surface area (Å²) >= 11 is 1.56. The minimum Gasteiger partial charge on any atom is -0.480 e. The van der Waals surface area contributed by atoms with Crippen molar-refractivity contribution in [1.82, 2.24) is 9.80 Å². The van der Waals surface area contributed by atoms with Gasteiger partial charge in [-0.1, -0.05) is 20.8 Å². The van der Waals surface area contributed by atoms with E-state index in [1.54, 1.807) is 28.6 Å². The highest BCUT2D eigenvalue weighted by atomic mass is 32.2. The van der Waals surface area contributed by atoms with E-state index in [1.807, 2.05) is 20.8 Å². The van der Waals surface area contributed by atoms with Gasteiger partial charge in [-0.25, -0.2) is 9.59 Å². The first kappa shape index (κ1) is 16.1. The molecule has 0 bridgehead atoms. The van der Waals surface area contributed by atoms with Crippen LogP contribution in [0.5, 0.6) is 0 Å². The highest BCUT2D eigenvalue weighted by molar-refractivity contribution is 8.00. The van der Waals surface area contributed by atoms with E-state index in [0.29, 0.717) is 5.75 Å². The standard InChI is InChI=1S/C13H24N2O3S/c1-5-9(6-2)14(4)13(18)15-10(12(16)17)8-19-11(15)7-3/h9-11H,5-8H2,1-4H3,(H,16,17). The van der Waals surface area contributed by atoms with Gasteiger partial charge >= 0.3 is 12.0 Å². The molecule has 0 aromatic carbocycles. The van der Waals surface area contributed by atoms with Crippen LogP contribution in [-0.2, 0) is 4.79 Å². The SMILES string of the molecule is CCC(CC)N(C)C(=O)N1C(CC)SCC1C(=O)O. The zero-order valence-electron chi connectivity index (χ0n) is 12.1. The summed E-state index contributed by atoms with van der Waals surface area (Å²) in [4.78, 5) is 27.1. The van der Waals surface area contributed by atoms with E-state index in [0.717, 1.165) is 19.3 Å². The van der Waals surface area contributed by atoms with Gasteiger partial charge < -0.3 is 10.0 Å². The van der Waals surface area contributed by atoms with Gasteiger partial charge in [-0.3, -0.25) is 4.90 Å². The average molecular weight is 288 g/mol. The summed E-state index contributed by atoms with van der Waals surface area (Å²) in [6.07, 6.45) is 2.54. The van der Waals surface area contributed by atoms with Gasteiger partial charge in [0.15, 0.2) is 0 Å². The van der Waals surface area contributed by atoms with Crippen molar-refractivity contribution >= 4 is 23.8 Å². The Kier molecular flexibility index (Phi) is 5.97. The molecule has 2 amide bonds. The molecule has 0 aromatic rings. The first-order valence-corrected chi connectivity index (χ1v) is 7.92. The first-order chi connectivity index (χ1) is 8.97. The number of hydrogen-bond donors (Lipinski definition) is 1. The number of urea groups is 1. The van der Waals surface area contributed by atoms with Gasteiger partial charge in [0.05, 0.1) is 5.37 Å². The van der Waals surface area contributed by atoms with Crippen molar-refractivity contribution in [2.45, 2.75) is 57.5 Å². The second-order valence-corrected chi connectivity index (χ2v) is 6.03. The predicted molar refractivity (Wildman–Crippen MR) is 77.3 cm³/mol. The third kappa shape index (κ3) is 3.35. The number of nitrogens with zero attached hydrogens (tertiary/aromatic N) is 2. The first-order valence-electron chi connectivity index (χ1n) is 6.87. The molecule has 1 rings (SSSR count). The molecule has 2 atom stereocenters. The maximum Gasteiger partial charge on any atom is 0.327 e. The van der Waals surface area contributed by atoms with Gasteiger partial charge in [0.25, 0.3) is 0 Å². The Hall–Kier alpha value is -0.910. The summed E-state index contributed by atoms with van der Waals surface area (Å²) in [6, 6.07) is -0.678. The minimum atomic E-state index is -0.908. The number of carboxylic acid groups (broad SMARTS) is 1. The summed E-state index contributed by atoms with van der Waals surface area (Å²) in [7, 11) is 1.77. The quantitative estimate of drug-likeness (QED) is 0.844. The largest absolute Gasteiger partial charge is 0.480 e. The van der Waals surface area contributed by atoms with Crippen LogP contribution in [0.25, 0.3) is 0 Å². The van der Waals surface area contributed by atoms with Crippen molar-refractivity contribution in [2.75, 3.05) is 12.8 Å². The van der Waals surface area contributed by atoms with Crippen LogP contribution < -0.4 is 0 Å². The van der Waals surface area contributed by atoms with Crippen LogP contribution in [0, 0.1) is 0 Å². The van der Waals surface area contributed by atoms with Crippen molar-refractivity contribution < 1.29 is 14.7 Å². The molecule has 2 unspecified atom stereocenters. The molecule has 1 N–H and O–H groups in total. The van der Waals surface area contributed by atoms with Crippen molar-refractivity contribution in [1.29, 1.82) is 0 Å². The maximum atomic E-state index is 12.6. The average Bonchev–Trinajstić information content (AvgIpc) is 2.82. The van der Waals surface area contributed by atoms with Gasteiger partial charge in [0.1, 0.15) is 6.04 Å². The molecule has 1 aliphatic heterocycles. The number of carbonyl (C=O) groups excluding carboxylic acids is 1. The van der Waals surface area contributed by atoms with Crippen LogP contribution in [0.4, 0.5) is 4.79 Å². The second kappa shape index (κ2) is 7.03. The fourth-order valence-electron chi connectivity index (χ4n) is 2.50. The van der Waals surface area contributed by atoms with Crippen LogP contribution in [0.2, 0.25) is 0 Å². The molecule has 1 aliphatic rings.